The van der Waals surface area contributed by atoms with Gasteiger partial charge in [-0.15, -0.1) is 0 Å². The molecule has 3 rings (SSSR count). The van der Waals surface area contributed by atoms with E-state index < -0.39 is 16.9 Å². The molecule has 8 nitrogen and oxygen atoms in total. The molecule has 0 aliphatic heterocycles. The number of carbonyl (C=O) groups excluding carboxylic acids is 2. The van der Waals surface area contributed by atoms with Crippen LogP contribution >= 0.6 is 0 Å². The van der Waals surface area contributed by atoms with Crippen LogP contribution in [0, 0.1) is 22.0 Å². The van der Waals surface area contributed by atoms with Gasteiger partial charge in [0.1, 0.15) is 17.4 Å². The van der Waals surface area contributed by atoms with Crippen LogP contribution in [0.1, 0.15) is 66.1 Å². The zero-order valence-corrected chi connectivity index (χ0v) is 22.0. The summed E-state index contributed by atoms with van der Waals surface area (Å²) in [4.78, 5) is 37.2. The predicted molar refractivity (Wildman–Crippen MR) is 150 cm³/mol. The third-order valence-corrected chi connectivity index (χ3v) is 6.18. The van der Waals surface area contributed by atoms with Gasteiger partial charge in [0.2, 0.25) is 5.91 Å². The number of aryl methyl sites for hydroxylation is 1. The van der Waals surface area contributed by atoms with Gasteiger partial charge in [0, 0.05) is 23.7 Å². The molecule has 2 amide bonds. The van der Waals surface area contributed by atoms with E-state index in [-0.39, 0.29) is 28.5 Å². The van der Waals surface area contributed by atoms with E-state index in [0.717, 1.165) is 31.2 Å². The highest BCUT2D eigenvalue weighted by Crippen LogP contribution is 2.20. The number of benzene rings is 3. The Morgan fingerprint density at radius 2 is 1.72 bits per heavy atom. The number of phenols is 1. The molecule has 0 radical (unpaired) electrons. The number of nitrogens with one attached hydrogen (secondary N) is 2. The van der Waals surface area contributed by atoms with Crippen LogP contribution in [-0.2, 0) is 11.2 Å². The van der Waals surface area contributed by atoms with Gasteiger partial charge in [-0.2, -0.15) is 0 Å². The van der Waals surface area contributed by atoms with Crippen molar-refractivity contribution in [3.8, 4) is 17.6 Å². The van der Waals surface area contributed by atoms with E-state index >= 15 is 0 Å². The fourth-order valence-corrected chi connectivity index (χ4v) is 3.97. The highest BCUT2D eigenvalue weighted by Gasteiger charge is 2.23. The number of nitro benzene ring substituents is 1. The molecule has 0 spiro atoms. The van der Waals surface area contributed by atoms with Crippen LogP contribution in [0.5, 0.6) is 5.75 Å². The highest BCUT2D eigenvalue weighted by atomic mass is 16.6. The second-order valence-corrected chi connectivity index (χ2v) is 9.19. The van der Waals surface area contributed by atoms with Gasteiger partial charge in [0.25, 0.3) is 11.6 Å². The van der Waals surface area contributed by atoms with Gasteiger partial charge >= 0.3 is 0 Å². The lowest BCUT2D eigenvalue weighted by atomic mass is 10.0. The van der Waals surface area contributed by atoms with Crippen LogP contribution in [-0.4, -0.2) is 34.4 Å². The molecule has 0 fully saturated rings. The normalized spacial score (nSPS) is 11.1. The second-order valence-electron chi connectivity index (χ2n) is 9.19. The average Bonchev–Trinajstić information content (AvgIpc) is 2.95. The van der Waals surface area contributed by atoms with Crippen LogP contribution in [0.25, 0.3) is 0 Å². The summed E-state index contributed by atoms with van der Waals surface area (Å²) in [5.74, 6) is 4.89. The number of hydrogen-bond acceptors (Lipinski definition) is 5. The van der Waals surface area contributed by atoms with Crippen LogP contribution in [0.15, 0.2) is 72.8 Å². The molecular weight excluding hydrogens is 494 g/mol. The molecular formula is C31H33N3O5. The first-order valence-corrected chi connectivity index (χ1v) is 13.1. The summed E-state index contributed by atoms with van der Waals surface area (Å²) < 4.78 is 0. The molecule has 0 saturated heterocycles. The Labute approximate surface area is 228 Å². The molecule has 1 atom stereocenters. The van der Waals surface area contributed by atoms with Crippen molar-refractivity contribution in [3.63, 3.8) is 0 Å². The van der Waals surface area contributed by atoms with Crippen LogP contribution in [0.3, 0.4) is 0 Å². The summed E-state index contributed by atoms with van der Waals surface area (Å²) in [5.41, 5.74) is 1.60. The molecule has 0 heterocycles. The Hall–Kier alpha value is -4.64. The van der Waals surface area contributed by atoms with Gasteiger partial charge in [-0.1, -0.05) is 68.4 Å². The molecule has 39 heavy (non-hydrogen) atoms. The fraction of sp³-hybridized carbons (Fsp3) is 0.290. The number of phenolic OH excluding ortho intramolecular Hbond substituents is 1. The molecule has 0 bridgehead atoms. The van der Waals surface area contributed by atoms with E-state index in [0.29, 0.717) is 24.9 Å². The molecule has 8 heteroatoms. The van der Waals surface area contributed by atoms with Crippen molar-refractivity contribution in [2.24, 2.45) is 0 Å². The maximum absolute atomic E-state index is 13.2. The number of carbonyl (C=O) groups is 2. The van der Waals surface area contributed by atoms with Crippen molar-refractivity contribution < 1.29 is 19.6 Å². The summed E-state index contributed by atoms with van der Waals surface area (Å²) >= 11 is 0. The summed E-state index contributed by atoms with van der Waals surface area (Å²) in [5, 5.41) is 26.7. The lowest BCUT2D eigenvalue weighted by molar-refractivity contribution is -0.385. The van der Waals surface area contributed by atoms with Crippen molar-refractivity contribution in [3.05, 3.63) is 105 Å². The first-order valence-electron chi connectivity index (χ1n) is 13.1. The van der Waals surface area contributed by atoms with Crippen LogP contribution in [0.2, 0.25) is 0 Å². The third-order valence-electron chi connectivity index (χ3n) is 6.18. The van der Waals surface area contributed by atoms with Gasteiger partial charge in [-0.3, -0.25) is 19.7 Å². The van der Waals surface area contributed by atoms with Gasteiger partial charge in [0.15, 0.2) is 0 Å². The Morgan fingerprint density at radius 1 is 0.974 bits per heavy atom. The lowest BCUT2D eigenvalue weighted by Gasteiger charge is -2.19. The maximum atomic E-state index is 13.2. The number of nitro groups is 1. The van der Waals surface area contributed by atoms with Gasteiger partial charge in [-0.05, 0) is 61.2 Å². The van der Waals surface area contributed by atoms with Crippen molar-refractivity contribution >= 4 is 17.5 Å². The lowest BCUT2D eigenvalue weighted by Crippen LogP contribution is -2.47. The number of nitrogens with zero attached hydrogens (tertiary/aromatic N) is 1. The number of aromatic hydroxyl groups is 1. The first-order chi connectivity index (χ1) is 18.9. The molecule has 1 unspecified atom stereocenters. The summed E-state index contributed by atoms with van der Waals surface area (Å²) in [7, 11) is 0. The molecule has 0 aliphatic rings. The van der Waals surface area contributed by atoms with E-state index in [1.54, 1.807) is 12.1 Å². The van der Waals surface area contributed by atoms with E-state index in [9.17, 15) is 24.8 Å². The summed E-state index contributed by atoms with van der Waals surface area (Å²) in [6.45, 7) is 2.65. The minimum Gasteiger partial charge on any atom is -0.508 e. The number of hydrogen-bond donors (Lipinski definition) is 3. The quantitative estimate of drug-likeness (QED) is 0.131. The molecule has 0 saturated carbocycles. The van der Waals surface area contributed by atoms with E-state index in [4.69, 9.17) is 0 Å². The monoisotopic (exact) mass is 527 g/mol. The standard InChI is InChI=1S/C31H33N3O5/c1-2-3-4-8-21-32-31(37)28(19-14-23-9-6-5-7-10-23)33-30(36)26-16-20-29(34(38)39)25(22-26)15-11-24-12-17-27(35)18-13-24/h5-7,9-10,12-13,16-18,20,22,28,35H,2-4,8,14,19,21H2,1H3,(H,32,37)(H,33,36). The number of amides is 2. The minimum absolute atomic E-state index is 0.0712. The van der Waals surface area contributed by atoms with E-state index in [1.165, 1.54) is 30.3 Å². The zero-order valence-electron chi connectivity index (χ0n) is 22.0. The predicted octanol–water partition coefficient (Wildman–Crippen LogP) is 5.13. The summed E-state index contributed by atoms with van der Waals surface area (Å²) in [6.07, 6.45) is 5.08. The highest BCUT2D eigenvalue weighted by molar-refractivity contribution is 5.98. The smallest absolute Gasteiger partial charge is 0.284 e. The van der Waals surface area contributed by atoms with E-state index in [2.05, 4.69) is 29.4 Å². The van der Waals surface area contributed by atoms with Gasteiger partial charge < -0.3 is 15.7 Å². The largest absolute Gasteiger partial charge is 0.508 e. The molecule has 0 aromatic heterocycles. The van der Waals surface area contributed by atoms with Crippen molar-refractivity contribution in [1.82, 2.24) is 10.6 Å². The zero-order chi connectivity index (χ0) is 28.0. The minimum atomic E-state index is -0.773. The Morgan fingerprint density at radius 3 is 2.41 bits per heavy atom. The van der Waals surface area contributed by atoms with E-state index in [1.807, 2.05) is 30.3 Å². The summed E-state index contributed by atoms with van der Waals surface area (Å²) in [6, 6.07) is 19.0. The average molecular weight is 528 g/mol. The van der Waals surface area contributed by atoms with Crippen molar-refractivity contribution in [2.75, 3.05) is 6.54 Å². The van der Waals surface area contributed by atoms with Crippen molar-refractivity contribution in [1.29, 1.82) is 0 Å². The third kappa shape index (κ3) is 9.31. The Bertz CT molecular complexity index is 1330. The Kier molecular flexibility index (Phi) is 11.1. The molecule has 3 aromatic carbocycles. The van der Waals surface area contributed by atoms with Crippen LogP contribution < -0.4 is 10.6 Å². The topological polar surface area (TPSA) is 122 Å². The molecule has 3 aromatic rings. The molecule has 3 N–H and O–H groups in total. The van der Waals surface area contributed by atoms with Gasteiger partial charge in [0.05, 0.1) is 4.92 Å². The maximum Gasteiger partial charge on any atom is 0.284 e. The van der Waals surface area contributed by atoms with Crippen molar-refractivity contribution in [2.45, 2.75) is 51.5 Å². The SMILES string of the molecule is CCCCCCNC(=O)C(CCc1ccccc1)NC(=O)c1ccc([N+](=O)[O-])c(C#Cc2ccc(O)cc2)c1. The fourth-order valence-electron chi connectivity index (χ4n) is 3.97. The van der Waals surface area contributed by atoms with Crippen LogP contribution in [0.4, 0.5) is 5.69 Å². The molecule has 202 valence electrons. The number of rotatable bonds is 12. The number of unbranched alkanes of at least 4 members (excludes halogenated alkanes) is 3. The Balaban J connectivity index is 1.78. The second kappa shape index (κ2) is 14.9. The first kappa shape index (κ1) is 28.9. The van der Waals surface area contributed by atoms with Gasteiger partial charge in [-0.25, -0.2) is 0 Å². The molecule has 0 aliphatic carbocycles.